The van der Waals surface area contributed by atoms with E-state index in [1.165, 1.54) is 0 Å². The van der Waals surface area contributed by atoms with E-state index in [0.717, 1.165) is 27.8 Å². The van der Waals surface area contributed by atoms with Gasteiger partial charge in [0.05, 0.1) is 33.0 Å². The van der Waals surface area contributed by atoms with Gasteiger partial charge in [0, 0.05) is 11.6 Å². The standard InChI is InChI=1S/C43H40O5/c1-6-17-34(18-7-1)27-16-28-39-41(45-30-36-21-10-3-11-22-36)43(47-32-38-25-14-5-15-26-38)42(46-31-37-23-12-4-13-24-37)40(48-39)33-44-29-35-19-8-2-9-20-35/h1-15,17-26,28,40-43H,29-33H2/b39-28-/t40-,41+,42+,43-/m1/s1. The van der Waals surface area contributed by atoms with Crippen LogP contribution in [0.3, 0.4) is 0 Å². The van der Waals surface area contributed by atoms with Gasteiger partial charge in [-0.25, -0.2) is 0 Å². The molecule has 5 aromatic carbocycles. The monoisotopic (exact) mass is 636 g/mol. The van der Waals surface area contributed by atoms with Crippen molar-refractivity contribution in [2.75, 3.05) is 6.61 Å². The number of hydrogen-bond acceptors (Lipinski definition) is 5. The zero-order valence-electron chi connectivity index (χ0n) is 26.9. The molecule has 4 atom stereocenters. The van der Waals surface area contributed by atoms with Gasteiger partial charge in [0.1, 0.15) is 24.1 Å². The summed E-state index contributed by atoms with van der Waals surface area (Å²) in [5.74, 6) is 7.03. The van der Waals surface area contributed by atoms with E-state index in [9.17, 15) is 0 Å². The van der Waals surface area contributed by atoms with Gasteiger partial charge in [-0.3, -0.25) is 0 Å². The molecule has 5 aromatic rings. The van der Waals surface area contributed by atoms with Gasteiger partial charge in [-0.1, -0.05) is 151 Å². The van der Waals surface area contributed by atoms with Crippen LogP contribution in [0.4, 0.5) is 0 Å². The fourth-order valence-electron chi connectivity index (χ4n) is 5.53. The lowest BCUT2D eigenvalue weighted by Crippen LogP contribution is -2.56. The summed E-state index contributed by atoms with van der Waals surface area (Å²) in [6.45, 7) is 1.86. The Bertz CT molecular complexity index is 1730. The minimum atomic E-state index is -0.592. The fourth-order valence-corrected chi connectivity index (χ4v) is 5.53. The van der Waals surface area contributed by atoms with E-state index in [4.69, 9.17) is 23.7 Å². The summed E-state index contributed by atoms with van der Waals surface area (Å²) in [7, 11) is 0. The topological polar surface area (TPSA) is 46.2 Å². The molecule has 242 valence electrons. The first-order valence-electron chi connectivity index (χ1n) is 16.3. The van der Waals surface area contributed by atoms with E-state index in [2.05, 4.69) is 48.2 Å². The SMILES string of the molecule is C(#Cc1ccccc1)/C=C1\O[C@H](COCc2ccccc2)[C@H](OCc2ccccc2)[C@H](OCc2ccccc2)[C@H]1OCc1ccccc1. The molecule has 0 bridgehead atoms. The van der Waals surface area contributed by atoms with Crippen molar-refractivity contribution in [1.82, 2.24) is 0 Å². The molecule has 0 unspecified atom stereocenters. The third kappa shape index (κ3) is 9.78. The highest BCUT2D eigenvalue weighted by atomic mass is 16.6. The van der Waals surface area contributed by atoms with Crippen molar-refractivity contribution in [2.45, 2.75) is 50.8 Å². The van der Waals surface area contributed by atoms with Crippen molar-refractivity contribution in [3.05, 3.63) is 191 Å². The van der Waals surface area contributed by atoms with Crippen molar-refractivity contribution in [2.24, 2.45) is 0 Å². The van der Waals surface area contributed by atoms with Crippen LogP contribution in [-0.2, 0) is 50.1 Å². The Kier molecular flexibility index (Phi) is 12.2. The predicted molar refractivity (Wildman–Crippen MR) is 187 cm³/mol. The fraction of sp³-hybridized carbons (Fsp3) is 0.209. The highest BCUT2D eigenvalue weighted by Gasteiger charge is 2.46. The van der Waals surface area contributed by atoms with Gasteiger partial charge >= 0.3 is 0 Å². The maximum Gasteiger partial charge on any atom is 0.150 e. The lowest BCUT2D eigenvalue weighted by Gasteiger charge is -2.43. The Morgan fingerprint density at radius 3 is 1.46 bits per heavy atom. The second-order valence-corrected chi connectivity index (χ2v) is 11.6. The number of allylic oxidation sites excluding steroid dienone is 1. The third-order valence-electron chi connectivity index (χ3n) is 8.00. The van der Waals surface area contributed by atoms with Gasteiger partial charge in [0.15, 0.2) is 6.10 Å². The Morgan fingerprint density at radius 1 is 0.500 bits per heavy atom. The van der Waals surface area contributed by atoms with Gasteiger partial charge < -0.3 is 23.7 Å². The molecule has 0 N–H and O–H groups in total. The molecular weight excluding hydrogens is 596 g/mol. The molecule has 48 heavy (non-hydrogen) atoms. The molecule has 1 aliphatic heterocycles. The summed E-state index contributed by atoms with van der Waals surface area (Å²) < 4.78 is 33.2. The van der Waals surface area contributed by atoms with Gasteiger partial charge in [0.25, 0.3) is 0 Å². The van der Waals surface area contributed by atoms with Gasteiger partial charge in [-0.15, -0.1) is 0 Å². The van der Waals surface area contributed by atoms with E-state index in [1.807, 2.05) is 115 Å². The van der Waals surface area contributed by atoms with Crippen molar-refractivity contribution >= 4 is 0 Å². The van der Waals surface area contributed by atoms with Gasteiger partial charge in [-0.05, 0) is 34.4 Å². The molecule has 1 fully saturated rings. The number of ether oxygens (including phenoxy) is 5. The maximum absolute atomic E-state index is 6.79. The van der Waals surface area contributed by atoms with Crippen molar-refractivity contribution in [1.29, 1.82) is 0 Å². The summed E-state index contributed by atoms with van der Waals surface area (Å²) in [5, 5.41) is 0. The molecule has 0 amide bonds. The molecule has 6 rings (SSSR count). The van der Waals surface area contributed by atoms with Gasteiger partial charge in [-0.2, -0.15) is 0 Å². The van der Waals surface area contributed by atoms with Crippen LogP contribution in [-0.4, -0.2) is 31.0 Å². The van der Waals surface area contributed by atoms with Crippen LogP contribution >= 0.6 is 0 Å². The summed E-state index contributed by atoms with van der Waals surface area (Å²) >= 11 is 0. The van der Waals surface area contributed by atoms with Crippen LogP contribution in [0.2, 0.25) is 0 Å². The Labute approximate surface area is 283 Å². The Morgan fingerprint density at radius 2 is 0.938 bits per heavy atom. The second-order valence-electron chi connectivity index (χ2n) is 11.6. The van der Waals surface area contributed by atoms with E-state index in [0.29, 0.717) is 32.2 Å². The first kappa shape index (κ1) is 33.0. The lowest BCUT2D eigenvalue weighted by molar-refractivity contribution is -0.223. The van der Waals surface area contributed by atoms with Crippen molar-refractivity contribution in [3.8, 4) is 11.8 Å². The van der Waals surface area contributed by atoms with E-state index >= 15 is 0 Å². The van der Waals surface area contributed by atoms with Gasteiger partial charge in [0.2, 0.25) is 0 Å². The van der Waals surface area contributed by atoms with Crippen LogP contribution in [0.25, 0.3) is 0 Å². The molecule has 5 nitrogen and oxygen atoms in total. The number of rotatable bonds is 13. The van der Waals surface area contributed by atoms with Crippen LogP contribution in [0.15, 0.2) is 163 Å². The average molecular weight is 637 g/mol. The largest absolute Gasteiger partial charge is 0.486 e. The minimum absolute atomic E-state index is 0.286. The average Bonchev–Trinajstić information content (AvgIpc) is 3.15. The summed E-state index contributed by atoms with van der Waals surface area (Å²) in [6.07, 6.45) is -0.310. The number of benzene rings is 5. The maximum atomic E-state index is 6.79. The summed E-state index contributed by atoms with van der Waals surface area (Å²) in [6, 6.07) is 50.4. The van der Waals surface area contributed by atoms with Crippen LogP contribution in [0.5, 0.6) is 0 Å². The molecule has 1 aliphatic rings. The Balaban J connectivity index is 1.33. The first-order chi connectivity index (χ1) is 23.8. The molecule has 0 radical (unpaired) electrons. The highest BCUT2D eigenvalue weighted by Crippen LogP contribution is 2.33. The van der Waals surface area contributed by atoms with E-state index in [-0.39, 0.29) is 6.61 Å². The zero-order valence-corrected chi connectivity index (χ0v) is 26.9. The molecule has 0 spiro atoms. The molecule has 1 saturated heterocycles. The summed E-state index contributed by atoms with van der Waals surface area (Å²) in [4.78, 5) is 0. The second kappa shape index (κ2) is 17.8. The molecule has 1 heterocycles. The molecule has 0 saturated carbocycles. The van der Waals surface area contributed by atoms with Crippen molar-refractivity contribution < 1.29 is 23.7 Å². The smallest absolute Gasteiger partial charge is 0.150 e. The molecular formula is C43H40O5. The summed E-state index contributed by atoms with van der Waals surface area (Å²) in [5.41, 5.74) is 5.15. The van der Waals surface area contributed by atoms with Crippen LogP contribution < -0.4 is 0 Å². The molecule has 0 aliphatic carbocycles. The zero-order chi connectivity index (χ0) is 32.6. The lowest BCUT2D eigenvalue weighted by atomic mass is 9.96. The van der Waals surface area contributed by atoms with Crippen molar-refractivity contribution in [3.63, 3.8) is 0 Å². The third-order valence-corrected chi connectivity index (χ3v) is 8.00. The predicted octanol–water partition coefficient (Wildman–Crippen LogP) is 8.29. The Hall–Kier alpha value is -4.96. The van der Waals surface area contributed by atoms with Crippen LogP contribution in [0, 0.1) is 11.8 Å². The van der Waals surface area contributed by atoms with E-state index < -0.39 is 24.4 Å². The highest BCUT2D eigenvalue weighted by molar-refractivity contribution is 5.37. The quantitative estimate of drug-likeness (QED) is 0.122. The first-order valence-corrected chi connectivity index (χ1v) is 16.3. The van der Waals surface area contributed by atoms with Crippen LogP contribution in [0.1, 0.15) is 27.8 Å². The minimum Gasteiger partial charge on any atom is -0.486 e. The number of hydrogen-bond donors (Lipinski definition) is 0. The van der Waals surface area contributed by atoms with E-state index in [1.54, 1.807) is 6.08 Å². The normalized spacial score (nSPS) is 19.6. The molecule has 0 aromatic heterocycles. The molecule has 5 heteroatoms.